The molecule has 2 heterocycles. The first-order valence-electron chi connectivity index (χ1n) is 13.3. The standard InChI is InChI=1S/C31H32FN5O3/c1-3-40-28-19-33-31(36-29(28)23-6-10-25(32)11-7-23)34-26-12-8-24(9-13-26)30(38)35-27-18-22(5-4-21(27)2)20-37-14-16-39-17-15-37/h4-13,18-19H,3,14-17,20H2,1-2H3,(H,35,38)(H,33,34,36). The Labute approximate surface area is 233 Å². The number of hydrogen-bond acceptors (Lipinski definition) is 7. The van der Waals surface area contributed by atoms with E-state index < -0.39 is 0 Å². The van der Waals surface area contributed by atoms with Crippen molar-refractivity contribution in [2.45, 2.75) is 20.4 Å². The first-order valence-corrected chi connectivity index (χ1v) is 13.3. The number of aromatic nitrogens is 2. The number of ether oxygens (including phenoxy) is 2. The first-order chi connectivity index (χ1) is 19.5. The number of carbonyl (C=O) groups excluding carboxylic acids is 1. The van der Waals surface area contributed by atoms with Gasteiger partial charge in [-0.25, -0.2) is 14.4 Å². The Kier molecular flexibility index (Phi) is 8.63. The molecule has 1 amide bonds. The van der Waals surface area contributed by atoms with Gasteiger partial charge in [0.1, 0.15) is 11.5 Å². The lowest BCUT2D eigenvalue weighted by Gasteiger charge is -2.26. The van der Waals surface area contributed by atoms with E-state index in [2.05, 4.69) is 31.6 Å². The van der Waals surface area contributed by atoms with Gasteiger partial charge in [0.25, 0.3) is 5.91 Å². The lowest BCUT2D eigenvalue weighted by atomic mass is 10.1. The van der Waals surface area contributed by atoms with Crippen molar-refractivity contribution in [1.29, 1.82) is 0 Å². The fourth-order valence-corrected chi connectivity index (χ4v) is 4.45. The summed E-state index contributed by atoms with van der Waals surface area (Å²) < 4.78 is 24.6. The molecule has 0 atom stereocenters. The number of halogens is 1. The van der Waals surface area contributed by atoms with E-state index in [0.29, 0.717) is 35.1 Å². The summed E-state index contributed by atoms with van der Waals surface area (Å²) in [6.45, 7) is 8.45. The summed E-state index contributed by atoms with van der Waals surface area (Å²) in [5.74, 6) is 0.354. The fraction of sp³-hybridized carbons (Fsp3) is 0.258. The highest BCUT2D eigenvalue weighted by atomic mass is 19.1. The second kappa shape index (κ2) is 12.7. The first kappa shape index (κ1) is 27.2. The smallest absolute Gasteiger partial charge is 0.255 e. The minimum absolute atomic E-state index is 0.186. The van der Waals surface area contributed by atoms with Gasteiger partial charge < -0.3 is 20.1 Å². The van der Waals surface area contributed by atoms with E-state index in [0.717, 1.165) is 55.3 Å². The highest BCUT2D eigenvalue weighted by Gasteiger charge is 2.14. The molecule has 2 N–H and O–H groups in total. The molecule has 8 nitrogen and oxygen atoms in total. The molecule has 1 aliphatic rings. The summed E-state index contributed by atoms with van der Waals surface area (Å²) in [6.07, 6.45) is 1.59. The third-order valence-electron chi connectivity index (χ3n) is 6.64. The van der Waals surface area contributed by atoms with Crippen LogP contribution in [0.5, 0.6) is 5.75 Å². The van der Waals surface area contributed by atoms with Crippen LogP contribution in [0.4, 0.5) is 21.7 Å². The molecule has 1 saturated heterocycles. The average molecular weight is 542 g/mol. The zero-order valence-electron chi connectivity index (χ0n) is 22.6. The lowest BCUT2D eigenvalue weighted by molar-refractivity contribution is 0.0342. The summed E-state index contributed by atoms with van der Waals surface area (Å²) in [5.41, 5.74) is 5.47. The van der Waals surface area contributed by atoms with Gasteiger partial charge in [-0.3, -0.25) is 9.69 Å². The maximum atomic E-state index is 13.4. The van der Waals surface area contributed by atoms with Gasteiger partial charge in [0.15, 0.2) is 5.75 Å². The summed E-state index contributed by atoms with van der Waals surface area (Å²) in [5, 5.41) is 6.22. The third-order valence-corrected chi connectivity index (χ3v) is 6.64. The molecule has 3 aromatic carbocycles. The maximum absolute atomic E-state index is 13.4. The van der Waals surface area contributed by atoms with Gasteiger partial charge in [-0.1, -0.05) is 12.1 Å². The second-order valence-corrected chi connectivity index (χ2v) is 9.54. The zero-order valence-corrected chi connectivity index (χ0v) is 22.6. The maximum Gasteiger partial charge on any atom is 0.255 e. The predicted molar refractivity (Wildman–Crippen MR) is 154 cm³/mol. The van der Waals surface area contributed by atoms with E-state index in [-0.39, 0.29) is 11.7 Å². The highest BCUT2D eigenvalue weighted by molar-refractivity contribution is 6.04. The number of amides is 1. The van der Waals surface area contributed by atoms with Crippen LogP contribution in [0.3, 0.4) is 0 Å². The SMILES string of the molecule is CCOc1cnc(Nc2ccc(C(=O)Nc3cc(CN4CCOCC4)ccc3C)cc2)nc1-c1ccc(F)cc1. The Balaban J connectivity index is 1.26. The van der Waals surface area contributed by atoms with Gasteiger partial charge in [-0.05, 0) is 79.6 Å². The Hall–Kier alpha value is -4.34. The molecule has 40 heavy (non-hydrogen) atoms. The van der Waals surface area contributed by atoms with E-state index in [1.54, 1.807) is 42.6 Å². The van der Waals surface area contributed by atoms with E-state index in [1.165, 1.54) is 12.1 Å². The average Bonchev–Trinajstić information content (AvgIpc) is 2.97. The fourth-order valence-electron chi connectivity index (χ4n) is 4.45. The van der Waals surface area contributed by atoms with Crippen molar-refractivity contribution in [3.05, 3.63) is 95.4 Å². The molecule has 0 radical (unpaired) electrons. The van der Waals surface area contributed by atoms with Crippen LogP contribution in [-0.2, 0) is 11.3 Å². The molecule has 206 valence electrons. The lowest BCUT2D eigenvalue weighted by Crippen LogP contribution is -2.35. The Morgan fingerprint density at radius 3 is 2.52 bits per heavy atom. The molecular formula is C31H32FN5O3. The van der Waals surface area contributed by atoms with E-state index >= 15 is 0 Å². The van der Waals surface area contributed by atoms with Crippen molar-refractivity contribution < 1.29 is 18.7 Å². The van der Waals surface area contributed by atoms with E-state index in [1.807, 2.05) is 26.0 Å². The molecule has 5 rings (SSSR count). The molecule has 1 aromatic heterocycles. The molecule has 1 aliphatic heterocycles. The van der Waals surface area contributed by atoms with Crippen molar-refractivity contribution in [2.75, 3.05) is 43.5 Å². The van der Waals surface area contributed by atoms with Crippen LogP contribution in [0.2, 0.25) is 0 Å². The molecule has 4 aromatic rings. The van der Waals surface area contributed by atoms with Crippen LogP contribution in [-0.4, -0.2) is 53.7 Å². The number of aryl methyl sites for hydroxylation is 1. The largest absolute Gasteiger partial charge is 0.490 e. The summed E-state index contributed by atoms with van der Waals surface area (Å²) in [7, 11) is 0. The van der Waals surface area contributed by atoms with Gasteiger partial charge in [0, 0.05) is 42.1 Å². The Morgan fingerprint density at radius 2 is 1.80 bits per heavy atom. The molecule has 0 saturated carbocycles. The minimum atomic E-state index is -0.325. The van der Waals surface area contributed by atoms with Crippen molar-refractivity contribution in [3.8, 4) is 17.0 Å². The topological polar surface area (TPSA) is 88.6 Å². The quantitative estimate of drug-likeness (QED) is 0.276. The van der Waals surface area contributed by atoms with Gasteiger partial charge in [-0.2, -0.15) is 0 Å². The summed E-state index contributed by atoms with van der Waals surface area (Å²) >= 11 is 0. The van der Waals surface area contributed by atoms with Crippen molar-refractivity contribution in [2.24, 2.45) is 0 Å². The van der Waals surface area contributed by atoms with Crippen molar-refractivity contribution in [3.63, 3.8) is 0 Å². The van der Waals surface area contributed by atoms with E-state index in [9.17, 15) is 9.18 Å². The summed E-state index contributed by atoms with van der Waals surface area (Å²) in [6, 6.07) is 19.3. The van der Waals surface area contributed by atoms with Crippen LogP contribution in [0, 0.1) is 12.7 Å². The molecule has 1 fully saturated rings. The van der Waals surface area contributed by atoms with Crippen molar-refractivity contribution >= 4 is 23.2 Å². The number of anilines is 3. The molecule has 0 unspecified atom stereocenters. The van der Waals surface area contributed by atoms with Gasteiger partial charge in [0.2, 0.25) is 5.95 Å². The number of nitrogens with one attached hydrogen (secondary N) is 2. The molecule has 9 heteroatoms. The van der Waals surface area contributed by atoms with E-state index in [4.69, 9.17) is 9.47 Å². The van der Waals surface area contributed by atoms with Crippen LogP contribution in [0.15, 0.2) is 72.9 Å². The van der Waals surface area contributed by atoms with Gasteiger partial charge in [0.05, 0.1) is 26.0 Å². The van der Waals surface area contributed by atoms with Crippen LogP contribution in [0.25, 0.3) is 11.3 Å². The van der Waals surface area contributed by atoms with Crippen LogP contribution in [0.1, 0.15) is 28.4 Å². The normalized spacial score (nSPS) is 13.6. The molecule has 0 bridgehead atoms. The van der Waals surface area contributed by atoms with Crippen LogP contribution >= 0.6 is 0 Å². The Morgan fingerprint density at radius 1 is 1.05 bits per heavy atom. The minimum Gasteiger partial charge on any atom is -0.490 e. The monoisotopic (exact) mass is 541 g/mol. The third kappa shape index (κ3) is 6.80. The molecule has 0 aliphatic carbocycles. The van der Waals surface area contributed by atoms with Gasteiger partial charge in [-0.15, -0.1) is 0 Å². The second-order valence-electron chi connectivity index (χ2n) is 9.54. The number of rotatable bonds is 9. The Bertz CT molecular complexity index is 1460. The number of benzene rings is 3. The molecular weight excluding hydrogens is 509 g/mol. The van der Waals surface area contributed by atoms with Gasteiger partial charge >= 0.3 is 0 Å². The van der Waals surface area contributed by atoms with Crippen molar-refractivity contribution in [1.82, 2.24) is 14.9 Å². The number of nitrogens with zero attached hydrogens (tertiary/aromatic N) is 3. The van der Waals surface area contributed by atoms with Crippen LogP contribution < -0.4 is 15.4 Å². The highest BCUT2D eigenvalue weighted by Crippen LogP contribution is 2.29. The molecule has 0 spiro atoms. The number of hydrogen-bond donors (Lipinski definition) is 2. The zero-order chi connectivity index (χ0) is 27.9. The number of morpholine rings is 1. The predicted octanol–water partition coefficient (Wildman–Crippen LogP) is 5.82. The summed E-state index contributed by atoms with van der Waals surface area (Å²) in [4.78, 5) is 24.3. The number of carbonyl (C=O) groups is 1.